The fraction of sp³-hybridized carbons (Fsp3) is 0.400. The summed E-state index contributed by atoms with van der Waals surface area (Å²) < 4.78 is 4.32. The van der Waals surface area contributed by atoms with Crippen molar-refractivity contribution < 1.29 is 24.7 Å². The Labute approximate surface area is 102 Å². The molecule has 8 heteroatoms. The standard InChI is InChI=1S/C10H12N2O6/c1-18-8(14)5-7(13)10(15)9-6(12(16)17)3-2-4-11-9/h2-4,7,10,13,15H,5H2,1H3. The number of nitrogens with zero attached hydrogens (tertiary/aromatic N) is 2. The average Bonchev–Trinajstić information content (AvgIpc) is 2.37. The van der Waals surface area contributed by atoms with E-state index in [2.05, 4.69) is 9.72 Å². The molecule has 2 unspecified atom stereocenters. The summed E-state index contributed by atoms with van der Waals surface area (Å²) in [6.45, 7) is 0. The monoisotopic (exact) mass is 256 g/mol. The molecule has 0 spiro atoms. The number of esters is 1. The third kappa shape index (κ3) is 3.22. The fourth-order valence-electron chi connectivity index (χ4n) is 1.34. The summed E-state index contributed by atoms with van der Waals surface area (Å²) in [5.41, 5.74) is -0.715. The minimum Gasteiger partial charge on any atom is -0.469 e. The lowest BCUT2D eigenvalue weighted by Gasteiger charge is -2.15. The van der Waals surface area contributed by atoms with Gasteiger partial charge in [0.1, 0.15) is 11.8 Å². The third-order valence-corrected chi connectivity index (χ3v) is 2.26. The zero-order chi connectivity index (χ0) is 13.7. The molecule has 8 nitrogen and oxygen atoms in total. The van der Waals surface area contributed by atoms with E-state index in [-0.39, 0.29) is 5.69 Å². The minimum atomic E-state index is -1.63. The molecule has 0 aliphatic carbocycles. The molecule has 1 rings (SSSR count). The summed E-state index contributed by atoms with van der Waals surface area (Å²) >= 11 is 0. The highest BCUT2D eigenvalue weighted by Crippen LogP contribution is 2.25. The Morgan fingerprint density at radius 1 is 1.61 bits per heavy atom. The minimum absolute atomic E-state index is 0.293. The van der Waals surface area contributed by atoms with Crippen molar-refractivity contribution in [2.75, 3.05) is 7.11 Å². The number of nitro groups is 1. The number of ether oxygens (including phenoxy) is 1. The Morgan fingerprint density at radius 2 is 2.28 bits per heavy atom. The summed E-state index contributed by atoms with van der Waals surface area (Å²) in [6, 6.07) is 2.48. The first-order valence-electron chi connectivity index (χ1n) is 4.99. The van der Waals surface area contributed by atoms with Crippen LogP contribution in [0.1, 0.15) is 18.2 Å². The number of aromatic nitrogens is 1. The largest absolute Gasteiger partial charge is 0.469 e. The Hall–Kier alpha value is -2.06. The van der Waals surface area contributed by atoms with Gasteiger partial charge < -0.3 is 14.9 Å². The highest BCUT2D eigenvalue weighted by atomic mass is 16.6. The highest BCUT2D eigenvalue weighted by molar-refractivity contribution is 5.69. The van der Waals surface area contributed by atoms with E-state index in [0.29, 0.717) is 0 Å². The first-order chi connectivity index (χ1) is 8.47. The summed E-state index contributed by atoms with van der Waals surface area (Å²) in [7, 11) is 1.13. The molecule has 1 aromatic heterocycles. The molecule has 0 bridgehead atoms. The zero-order valence-corrected chi connectivity index (χ0v) is 9.52. The molecular weight excluding hydrogens is 244 g/mol. The van der Waals surface area contributed by atoms with E-state index in [1.807, 2.05) is 0 Å². The van der Waals surface area contributed by atoms with E-state index in [4.69, 9.17) is 0 Å². The van der Waals surface area contributed by atoms with Crippen LogP contribution in [-0.2, 0) is 9.53 Å². The van der Waals surface area contributed by atoms with Gasteiger partial charge >= 0.3 is 5.97 Å². The van der Waals surface area contributed by atoms with E-state index in [1.165, 1.54) is 12.3 Å². The topological polar surface area (TPSA) is 123 Å². The quantitative estimate of drug-likeness (QED) is 0.430. The van der Waals surface area contributed by atoms with E-state index in [1.54, 1.807) is 0 Å². The van der Waals surface area contributed by atoms with Gasteiger partial charge in [0.25, 0.3) is 5.69 Å². The van der Waals surface area contributed by atoms with Crippen molar-refractivity contribution in [2.24, 2.45) is 0 Å². The maximum absolute atomic E-state index is 10.9. The average molecular weight is 256 g/mol. The predicted molar refractivity (Wildman–Crippen MR) is 58.5 cm³/mol. The maximum Gasteiger partial charge on any atom is 0.308 e. The number of hydrogen-bond acceptors (Lipinski definition) is 7. The summed E-state index contributed by atoms with van der Waals surface area (Å²) in [5, 5.41) is 30.0. The zero-order valence-electron chi connectivity index (χ0n) is 9.52. The van der Waals surface area contributed by atoms with Gasteiger partial charge in [-0.25, -0.2) is 0 Å². The number of aliphatic hydroxyl groups is 2. The molecule has 0 amide bonds. The van der Waals surface area contributed by atoms with E-state index < -0.39 is 35.2 Å². The van der Waals surface area contributed by atoms with E-state index in [0.717, 1.165) is 13.2 Å². The lowest BCUT2D eigenvalue weighted by atomic mass is 10.1. The van der Waals surface area contributed by atoms with Crippen LogP contribution in [0.2, 0.25) is 0 Å². The van der Waals surface area contributed by atoms with Crippen LogP contribution in [-0.4, -0.2) is 39.3 Å². The predicted octanol–water partition coefficient (Wildman–Crippen LogP) is -0.0528. The second kappa shape index (κ2) is 6.03. The molecule has 0 radical (unpaired) electrons. The first-order valence-corrected chi connectivity index (χ1v) is 4.99. The second-order valence-corrected chi connectivity index (χ2v) is 3.46. The van der Waals surface area contributed by atoms with Crippen molar-refractivity contribution in [3.63, 3.8) is 0 Å². The van der Waals surface area contributed by atoms with Crippen LogP contribution in [0.4, 0.5) is 5.69 Å². The second-order valence-electron chi connectivity index (χ2n) is 3.46. The van der Waals surface area contributed by atoms with Crippen LogP contribution in [0, 0.1) is 10.1 Å². The molecule has 18 heavy (non-hydrogen) atoms. The Kier molecular flexibility index (Phi) is 4.69. The molecule has 2 N–H and O–H groups in total. The molecule has 1 heterocycles. The number of aliphatic hydroxyl groups excluding tert-OH is 2. The van der Waals surface area contributed by atoms with Crippen LogP contribution in [0.25, 0.3) is 0 Å². The normalized spacial score (nSPS) is 13.7. The molecule has 2 atom stereocenters. The van der Waals surface area contributed by atoms with Gasteiger partial charge in [-0.3, -0.25) is 19.9 Å². The van der Waals surface area contributed by atoms with Gasteiger partial charge in [0.15, 0.2) is 0 Å². The molecule has 0 aromatic carbocycles. The summed E-state index contributed by atoms with van der Waals surface area (Å²) in [6.07, 6.45) is -2.39. The lowest BCUT2D eigenvalue weighted by Crippen LogP contribution is -2.24. The smallest absolute Gasteiger partial charge is 0.308 e. The third-order valence-electron chi connectivity index (χ3n) is 2.26. The van der Waals surface area contributed by atoms with Crippen LogP contribution in [0.15, 0.2) is 18.3 Å². The van der Waals surface area contributed by atoms with Crippen molar-refractivity contribution in [1.82, 2.24) is 4.98 Å². The molecule has 0 saturated carbocycles. The molecule has 1 aromatic rings. The maximum atomic E-state index is 10.9. The van der Waals surface area contributed by atoms with Crippen LogP contribution in [0.3, 0.4) is 0 Å². The molecule has 0 aliphatic heterocycles. The highest BCUT2D eigenvalue weighted by Gasteiger charge is 2.29. The Bertz CT molecular complexity index is 450. The van der Waals surface area contributed by atoms with Gasteiger partial charge in [-0.1, -0.05) is 0 Å². The van der Waals surface area contributed by atoms with Crippen molar-refractivity contribution in [2.45, 2.75) is 18.6 Å². The van der Waals surface area contributed by atoms with Crippen LogP contribution in [0.5, 0.6) is 0 Å². The number of hydrogen-bond donors (Lipinski definition) is 2. The van der Waals surface area contributed by atoms with Crippen molar-refractivity contribution >= 4 is 11.7 Å². The van der Waals surface area contributed by atoms with Gasteiger partial charge in [0, 0.05) is 12.3 Å². The molecular formula is C10H12N2O6. The number of carbonyl (C=O) groups is 1. The van der Waals surface area contributed by atoms with Gasteiger partial charge in [0.05, 0.1) is 24.6 Å². The molecule has 98 valence electrons. The van der Waals surface area contributed by atoms with Crippen LogP contribution < -0.4 is 0 Å². The van der Waals surface area contributed by atoms with Gasteiger partial charge in [-0.05, 0) is 6.07 Å². The van der Waals surface area contributed by atoms with Crippen LogP contribution >= 0.6 is 0 Å². The van der Waals surface area contributed by atoms with Gasteiger partial charge in [-0.15, -0.1) is 0 Å². The van der Waals surface area contributed by atoms with Gasteiger partial charge in [0.2, 0.25) is 0 Å². The van der Waals surface area contributed by atoms with Crippen molar-refractivity contribution in [3.05, 3.63) is 34.1 Å². The lowest BCUT2D eigenvalue weighted by molar-refractivity contribution is -0.386. The molecule has 0 aliphatic rings. The number of methoxy groups -OCH3 is 1. The van der Waals surface area contributed by atoms with Gasteiger partial charge in [-0.2, -0.15) is 0 Å². The Balaban J connectivity index is 2.92. The molecule has 0 fully saturated rings. The summed E-state index contributed by atoms with van der Waals surface area (Å²) in [4.78, 5) is 24.6. The van der Waals surface area contributed by atoms with E-state index in [9.17, 15) is 25.1 Å². The number of pyridine rings is 1. The summed E-state index contributed by atoms with van der Waals surface area (Å²) in [5.74, 6) is -0.736. The number of carbonyl (C=O) groups excluding carboxylic acids is 1. The Morgan fingerprint density at radius 3 is 2.83 bits per heavy atom. The first kappa shape index (κ1) is 14.0. The molecule has 0 saturated heterocycles. The van der Waals surface area contributed by atoms with Crippen molar-refractivity contribution in [3.8, 4) is 0 Å². The fourth-order valence-corrected chi connectivity index (χ4v) is 1.34. The van der Waals surface area contributed by atoms with Crippen molar-refractivity contribution in [1.29, 1.82) is 0 Å². The SMILES string of the molecule is COC(=O)CC(O)C(O)c1ncccc1[N+](=O)[O-]. The van der Waals surface area contributed by atoms with E-state index >= 15 is 0 Å². The number of rotatable bonds is 5.